The fraction of sp³-hybridized carbons (Fsp3) is 0. The monoisotopic (exact) mass is 426 g/mol. The second-order valence-electron chi connectivity index (χ2n) is 8.17. The Balaban J connectivity index is 1.29. The van der Waals surface area contributed by atoms with Crippen molar-refractivity contribution in [1.82, 2.24) is 4.98 Å². The molecule has 7 rings (SSSR count). The van der Waals surface area contributed by atoms with Crippen molar-refractivity contribution in [2.75, 3.05) is 5.32 Å². The van der Waals surface area contributed by atoms with Crippen LogP contribution in [0.2, 0.25) is 0 Å². The molecule has 0 aliphatic heterocycles. The normalized spacial score (nSPS) is 11.6. The molecule has 0 aliphatic rings. The van der Waals surface area contributed by atoms with E-state index >= 15 is 0 Å². The number of hydrogen-bond donors (Lipinski definition) is 1. The summed E-state index contributed by atoms with van der Waals surface area (Å²) in [6.45, 7) is 0. The minimum atomic E-state index is 0.609. The van der Waals surface area contributed by atoms with Crippen LogP contribution in [0.5, 0.6) is 0 Å². The maximum Gasteiger partial charge on any atom is 0.227 e. The lowest BCUT2D eigenvalue weighted by Gasteiger charge is -2.06. The predicted octanol–water partition coefficient (Wildman–Crippen LogP) is 8.29. The molecular weight excluding hydrogens is 408 g/mol. The van der Waals surface area contributed by atoms with Crippen molar-refractivity contribution in [1.29, 1.82) is 0 Å². The minimum absolute atomic E-state index is 0.609. The van der Waals surface area contributed by atoms with Gasteiger partial charge in [-0.05, 0) is 53.2 Å². The van der Waals surface area contributed by atoms with Gasteiger partial charge in [0, 0.05) is 28.1 Å². The summed E-state index contributed by atoms with van der Waals surface area (Å²) in [5.74, 6) is 0.609. The van der Waals surface area contributed by atoms with Crippen LogP contribution in [0.4, 0.5) is 11.4 Å². The topological polar surface area (TPSA) is 51.2 Å². The Morgan fingerprint density at radius 3 is 2.42 bits per heavy atom. The molecule has 2 heterocycles. The van der Waals surface area contributed by atoms with Gasteiger partial charge in [-0.15, -0.1) is 0 Å². The molecule has 4 heteroatoms. The molecule has 0 atom stereocenters. The maximum absolute atomic E-state index is 6.24. The van der Waals surface area contributed by atoms with Crippen LogP contribution in [0, 0.1) is 0 Å². The van der Waals surface area contributed by atoms with E-state index in [9.17, 15) is 0 Å². The Morgan fingerprint density at radius 1 is 0.606 bits per heavy atom. The van der Waals surface area contributed by atoms with Crippen LogP contribution >= 0.6 is 0 Å². The van der Waals surface area contributed by atoms with Crippen LogP contribution in [0.1, 0.15) is 0 Å². The van der Waals surface area contributed by atoms with Crippen LogP contribution in [-0.2, 0) is 0 Å². The van der Waals surface area contributed by atoms with Crippen molar-refractivity contribution in [2.24, 2.45) is 0 Å². The third-order valence-corrected chi connectivity index (χ3v) is 6.07. The summed E-state index contributed by atoms with van der Waals surface area (Å²) in [7, 11) is 0. The standard InChI is InChI=1S/C29H18N2O2/c1-2-7-19-16-20(13-12-18(19)6-1)29-31-25-10-5-9-24(28(25)33-29)30-21-14-15-23-22-8-3-4-11-26(22)32-27(23)17-21/h1-17,30H. The molecule has 0 unspecified atom stereocenters. The van der Waals surface area contributed by atoms with E-state index in [1.807, 2.05) is 54.6 Å². The molecule has 0 amide bonds. The molecule has 0 spiro atoms. The van der Waals surface area contributed by atoms with E-state index in [1.54, 1.807) is 0 Å². The Labute approximate surface area is 189 Å². The highest BCUT2D eigenvalue weighted by Gasteiger charge is 2.13. The average Bonchev–Trinajstić information content (AvgIpc) is 3.46. The summed E-state index contributed by atoms with van der Waals surface area (Å²) < 4.78 is 12.3. The van der Waals surface area contributed by atoms with Crippen molar-refractivity contribution < 1.29 is 8.83 Å². The molecular formula is C29H18N2O2. The average molecular weight is 426 g/mol. The van der Waals surface area contributed by atoms with Gasteiger partial charge in [0.25, 0.3) is 0 Å². The molecule has 7 aromatic rings. The van der Waals surface area contributed by atoms with Crippen molar-refractivity contribution >= 4 is 55.2 Å². The van der Waals surface area contributed by atoms with E-state index in [0.717, 1.165) is 55.4 Å². The Kier molecular flexibility index (Phi) is 3.81. The predicted molar refractivity (Wildman–Crippen MR) is 134 cm³/mol. The summed E-state index contributed by atoms with van der Waals surface area (Å²) in [5.41, 5.74) is 6.03. The zero-order valence-corrected chi connectivity index (χ0v) is 17.6. The third-order valence-electron chi connectivity index (χ3n) is 6.07. The smallest absolute Gasteiger partial charge is 0.227 e. The fourth-order valence-electron chi connectivity index (χ4n) is 4.45. The summed E-state index contributed by atoms with van der Waals surface area (Å²) in [4.78, 5) is 4.75. The first kappa shape index (κ1) is 18.0. The van der Waals surface area contributed by atoms with Gasteiger partial charge < -0.3 is 14.2 Å². The van der Waals surface area contributed by atoms with E-state index in [-0.39, 0.29) is 0 Å². The first-order chi connectivity index (χ1) is 16.3. The van der Waals surface area contributed by atoms with Crippen molar-refractivity contribution in [2.45, 2.75) is 0 Å². The number of oxazole rings is 1. The Bertz CT molecular complexity index is 1810. The van der Waals surface area contributed by atoms with Gasteiger partial charge in [-0.3, -0.25) is 0 Å². The lowest BCUT2D eigenvalue weighted by atomic mass is 10.1. The first-order valence-electron chi connectivity index (χ1n) is 10.9. The SMILES string of the molecule is c1ccc2cc(-c3nc4cccc(Nc5ccc6c(c5)oc5ccccc56)c4o3)ccc2c1. The maximum atomic E-state index is 6.24. The molecule has 0 saturated heterocycles. The van der Waals surface area contributed by atoms with Crippen LogP contribution in [0.15, 0.2) is 112 Å². The van der Waals surface area contributed by atoms with E-state index in [0.29, 0.717) is 5.89 Å². The number of nitrogens with zero attached hydrogens (tertiary/aromatic N) is 1. The molecule has 0 bridgehead atoms. The van der Waals surface area contributed by atoms with Crippen LogP contribution in [0.3, 0.4) is 0 Å². The van der Waals surface area contributed by atoms with Gasteiger partial charge in [-0.1, -0.05) is 54.6 Å². The van der Waals surface area contributed by atoms with Gasteiger partial charge in [-0.25, -0.2) is 4.98 Å². The van der Waals surface area contributed by atoms with Crippen LogP contribution in [0.25, 0.3) is 55.3 Å². The quantitative estimate of drug-likeness (QED) is 0.309. The number of fused-ring (bicyclic) bond motifs is 5. The van der Waals surface area contributed by atoms with E-state index < -0.39 is 0 Å². The number of rotatable bonds is 3. The molecule has 156 valence electrons. The largest absolute Gasteiger partial charge is 0.456 e. The zero-order valence-electron chi connectivity index (χ0n) is 17.6. The second kappa shape index (κ2) is 6.97. The van der Waals surface area contributed by atoms with Crippen molar-refractivity contribution in [3.05, 3.63) is 103 Å². The van der Waals surface area contributed by atoms with E-state index in [4.69, 9.17) is 13.8 Å². The summed E-state index contributed by atoms with van der Waals surface area (Å²) in [6.07, 6.45) is 0. The highest BCUT2D eigenvalue weighted by atomic mass is 16.3. The summed E-state index contributed by atoms with van der Waals surface area (Å²) in [5, 5.41) is 8.07. The highest BCUT2D eigenvalue weighted by molar-refractivity contribution is 6.06. The molecule has 0 fully saturated rings. The van der Waals surface area contributed by atoms with Gasteiger partial charge >= 0.3 is 0 Å². The first-order valence-corrected chi connectivity index (χ1v) is 10.9. The lowest BCUT2D eigenvalue weighted by Crippen LogP contribution is -1.90. The second-order valence-corrected chi connectivity index (χ2v) is 8.17. The van der Waals surface area contributed by atoms with Crippen LogP contribution < -0.4 is 5.32 Å². The number of para-hydroxylation sites is 2. The van der Waals surface area contributed by atoms with Gasteiger partial charge in [-0.2, -0.15) is 0 Å². The number of aromatic nitrogens is 1. The zero-order chi connectivity index (χ0) is 21.8. The Morgan fingerprint density at radius 2 is 1.45 bits per heavy atom. The van der Waals surface area contributed by atoms with Gasteiger partial charge in [0.1, 0.15) is 16.7 Å². The molecule has 33 heavy (non-hydrogen) atoms. The van der Waals surface area contributed by atoms with Gasteiger partial charge in [0.05, 0.1) is 5.69 Å². The van der Waals surface area contributed by atoms with Gasteiger partial charge in [0.15, 0.2) is 5.58 Å². The lowest BCUT2D eigenvalue weighted by molar-refractivity contribution is 0.621. The summed E-state index contributed by atoms with van der Waals surface area (Å²) in [6, 6.07) is 34.8. The van der Waals surface area contributed by atoms with E-state index in [2.05, 4.69) is 53.8 Å². The molecule has 1 N–H and O–H groups in total. The van der Waals surface area contributed by atoms with Crippen molar-refractivity contribution in [3.63, 3.8) is 0 Å². The number of anilines is 2. The Hall–Kier alpha value is -4.57. The molecule has 5 aromatic carbocycles. The van der Waals surface area contributed by atoms with Crippen molar-refractivity contribution in [3.8, 4) is 11.5 Å². The number of hydrogen-bond acceptors (Lipinski definition) is 4. The fourth-order valence-corrected chi connectivity index (χ4v) is 4.45. The third kappa shape index (κ3) is 2.96. The highest BCUT2D eigenvalue weighted by Crippen LogP contribution is 2.34. The number of benzene rings is 5. The molecule has 2 aromatic heterocycles. The number of nitrogens with one attached hydrogen (secondary N) is 1. The molecule has 0 aliphatic carbocycles. The van der Waals surface area contributed by atoms with Crippen LogP contribution in [-0.4, -0.2) is 4.98 Å². The molecule has 0 saturated carbocycles. The molecule has 0 radical (unpaired) electrons. The number of furan rings is 1. The summed E-state index contributed by atoms with van der Waals surface area (Å²) >= 11 is 0. The molecule has 4 nitrogen and oxygen atoms in total. The van der Waals surface area contributed by atoms with Gasteiger partial charge in [0.2, 0.25) is 5.89 Å². The minimum Gasteiger partial charge on any atom is -0.456 e. The van der Waals surface area contributed by atoms with E-state index in [1.165, 1.54) is 5.39 Å².